The molecule has 2 aromatic heterocycles. The summed E-state index contributed by atoms with van der Waals surface area (Å²) < 4.78 is 15.2. The van der Waals surface area contributed by atoms with E-state index in [0.717, 1.165) is 0 Å². The first-order chi connectivity index (χ1) is 14.9. The smallest absolute Gasteiger partial charge is 0.325 e. The molecule has 1 atom stereocenters. The molecule has 1 fully saturated rings. The Morgan fingerprint density at radius 1 is 1.10 bits per heavy atom. The highest BCUT2D eigenvalue weighted by Gasteiger charge is 2.32. The lowest BCUT2D eigenvalue weighted by atomic mass is 10.0. The van der Waals surface area contributed by atoms with Crippen molar-refractivity contribution in [3.63, 3.8) is 0 Å². The number of aliphatic carboxylic acids is 2. The number of fused-ring (bicyclic) bond motifs is 1. The first kappa shape index (κ1) is 20.7. The lowest BCUT2D eigenvalue weighted by Crippen LogP contribution is -2.37. The van der Waals surface area contributed by atoms with Crippen LogP contribution in [0, 0.1) is 5.82 Å². The van der Waals surface area contributed by atoms with Gasteiger partial charge in [-0.05, 0) is 30.7 Å². The number of hydrogen-bond donors (Lipinski definition) is 2. The first-order valence-corrected chi connectivity index (χ1v) is 9.93. The summed E-state index contributed by atoms with van der Waals surface area (Å²) in [5, 5.41) is 19.8. The number of halogens is 1. The van der Waals surface area contributed by atoms with Crippen molar-refractivity contribution in [2.24, 2.45) is 0 Å². The summed E-state index contributed by atoms with van der Waals surface area (Å²) in [5.41, 5.74) is 0.811. The van der Waals surface area contributed by atoms with Gasteiger partial charge in [-0.1, -0.05) is 0 Å². The summed E-state index contributed by atoms with van der Waals surface area (Å²) >= 11 is 0. The van der Waals surface area contributed by atoms with Crippen LogP contribution in [0.15, 0.2) is 42.9 Å². The molecule has 0 amide bonds. The topological polar surface area (TPSA) is 112 Å². The Morgan fingerprint density at radius 3 is 2.58 bits per heavy atom. The van der Waals surface area contributed by atoms with Gasteiger partial charge in [-0.25, -0.2) is 14.4 Å². The van der Waals surface area contributed by atoms with Gasteiger partial charge in [0.2, 0.25) is 5.95 Å². The van der Waals surface area contributed by atoms with Crippen LogP contribution < -0.4 is 4.90 Å². The minimum atomic E-state index is -1.09. The lowest BCUT2D eigenvalue weighted by Gasteiger charge is -2.27. The van der Waals surface area contributed by atoms with Gasteiger partial charge < -0.3 is 19.7 Å². The second-order valence-electron chi connectivity index (χ2n) is 7.43. The van der Waals surface area contributed by atoms with Gasteiger partial charge >= 0.3 is 11.9 Å². The van der Waals surface area contributed by atoms with Crippen LogP contribution in [0.1, 0.15) is 18.0 Å². The molecule has 0 spiro atoms. The predicted molar refractivity (Wildman–Crippen MR) is 110 cm³/mol. The predicted octanol–water partition coefficient (Wildman–Crippen LogP) is 1.99. The van der Waals surface area contributed by atoms with Gasteiger partial charge in [0.1, 0.15) is 18.4 Å². The van der Waals surface area contributed by atoms with E-state index in [1.165, 1.54) is 29.0 Å². The fourth-order valence-corrected chi connectivity index (χ4v) is 4.12. The number of benzene rings is 1. The van der Waals surface area contributed by atoms with Crippen LogP contribution in [0.5, 0.6) is 0 Å². The van der Waals surface area contributed by atoms with Gasteiger partial charge in [-0.2, -0.15) is 0 Å². The van der Waals surface area contributed by atoms with Crippen LogP contribution in [-0.2, 0) is 16.1 Å². The van der Waals surface area contributed by atoms with Crippen LogP contribution in [0.2, 0.25) is 0 Å². The molecular weight excluding hydrogens is 405 g/mol. The molecule has 1 aromatic carbocycles. The minimum absolute atomic E-state index is 0.359. The molecule has 4 rings (SSSR count). The van der Waals surface area contributed by atoms with E-state index in [0.29, 0.717) is 55.0 Å². The number of carboxylic acid groups (broad SMARTS) is 2. The number of hydrogen-bond acceptors (Lipinski definition) is 6. The van der Waals surface area contributed by atoms with E-state index < -0.39 is 23.8 Å². The second kappa shape index (κ2) is 8.68. The average Bonchev–Trinajstić information content (AvgIpc) is 2.91. The zero-order valence-electron chi connectivity index (χ0n) is 16.7. The molecule has 1 aliphatic heterocycles. The fourth-order valence-electron chi connectivity index (χ4n) is 4.12. The highest BCUT2D eigenvalue weighted by molar-refractivity contribution is 5.90. The van der Waals surface area contributed by atoms with E-state index in [1.807, 2.05) is 9.80 Å². The van der Waals surface area contributed by atoms with Gasteiger partial charge in [-0.3, -0.25) is 14.5 Å². The number of rotatable bonds is 6. The lowest BCUT2D eigenvalue weighted by molar-refractivity contribution is -0.143. The highest BCUT2D eigenvalue weighted by atomic mass is 19.1. The van der Waals surface area contributed by atoms with E-state index in [4.69, 9.17) is 0 Å². The molecule has 0 saturated carbocycles. The first-order valence-electron chi connectivity index (χ1n) is 9.93. The van der Waals surface area contributed by atoms with Gasteiger partial charge in [0.05, 0.1) is 5.52 Å². The molecule has 10 heteroatoms. The quantitative estimate of drug-likeness (QED) is 0.614. The van der Waals surface area contributed by atoms with Crippen molar-refractivity contribution in [3.8, 4) is 0 Å². The molecule has 9 nitrogen and oxygen atoms in total. The zero-order valence-corrected chi connectivity index (χ0v) is 16.7. The number of aromatic nitrogens is 3. The van der Waals surface area contributed by atoms with Crippen LogP contribution in [0.3, 0.4) is 0 Å². The van der Waals surface area contributed by atoms with Crippen molar-refractivity contribution in [2.45, 2.75) is 19.0 Å². The third-order valence-corrected chi connectivity index (χ3v) is 5.44. The molecule has 0 aliphatic carbocycles. The molecule has 31 heavy (non-hydrogen) atoms. The fraction of sp³-hybridized carbons (Fsp3) is 0.333. The van der Waals surface area contributed by atoms with Gasteiger partial charge in [-0.15, -0.1) is 0 Å². The third kappa shape index (κ3) is 4.33. The summed E-state index contributed by atoms with van der Waals surface area (Å²) in [6.07, 6.45) is 5.56. The Hall–Kier alpha value is -3.53. The number of carboxylic acids is 2. The summed E-state index contributed by atoms with van der Waals surface area (Å²) in [5.74, 6) is -2.04. The van der Waals surface area contributed by atoms with Crippen LogP contribution >= 0.6 is 0 Å². The van der Waals surface area contributed by atoms with Crippen molar-refractivity contribution in [1.82, 2.24) is 19.4 Å². The normalized spacial score (nSPS) is 16.2. The Balaban J connectivity index is 1.67. The molecule has 1 saturated heterocycles. The number of anilines is 1. The van der Waals surface area contributed by atoms with Crippen LogP contribution in [0.4, 0.5) is 10.3 Å². The van der Waals surface area contributed by atoms with E-state index in [9.17, 15) is 24.2 Å². The van der Waals surface area contributed by atoms with Crippen molar-refractivity contribution < 1.29 is 24.2 Å². The largest absolute Gasteiger partial charge is 0.480 e. The molecule has 2 N–H and O–H groups in total. The van der Waals surface area contributed by atoms with Crippen molar-refractivity contribution in [2.75, 3.05) is 31.1 Å². The Labute approximate surface area is 177 Å². The second-order valence-corrected chi connectivity index (χ2v) is 7.43. The summed E-state index contributed by atoms with van der Waals surface area (Å²) in [7, 11) is 0. The maximum Gasteiger partial charge on any atom is 0.325 e. The number of carbonyl (C=O) groups is 2. The molecule has 162 valence electrons. The third-order valence-electron chi connectivity index (χ3n) is 5.44. The summed E-state index contributed by atoms with van der Waals surface area (Å²) in [6, 6.07) is 4.75. The molecule has 0 radical (unpaired) electrons. The van der Waals surface area contributed by atoms with E-state index in [1.54, 1.807) is 18.5 Å². The molecule has 1 unspecified atom stereocenters. The highest BCUT2D eigenvalue weighted by Crippen LogP contribution is 2.32. The standard InChI is InChI=1S/C21H22FN5O4/c22-14-3-4-15-16(12-27(13-18(28)29)17(15)11-14)19(20(30)31)25-7-2-8-26(10-9-25)21-23-5-1-6-24-21/h1,3-6,11-12,19H,2,7-10,13H2,(H,28,29)(H,30,31). The van der Waals surface area contributed by atoms with Crippen molar-refractivity contribution in [1.29, 1.82) is 0 Å². The Bertz CT molecular complexity index is 1100. The molecule has 0 bridgehead atoms. The molecular formula is C21H22FN5O4. The monoisotopic (exact) mass is 427 g/mol. The SMILES string of the molecule is O=C(O)Cn1cc(C(C(=O)O)N2CCCN(c3ncccn3)CC2)c2ccc(F)cc21. The van der Waals surface area contributed by atoms with Crippen LogP contribution in [-0.4, -0.2) is 67.8 Å². The molecule has 1 aliphatic rings. The van der Waals surface area contributed by atoms with Crippen LogP contribution in [0.25, 0.3) is 10.9 Å². The summed E-state index contributed by atoms with van der Waals surface area (Å²) in [6.45, 7) is 1.86. The van der Waals surface area contributed by atoms with E-state index in [2.05, 4.69) is 9.97 Å². The maximum atomic E-state index is 13.8. The van der Waals surface area contributed by atoms with Gasteiger partial charge in [0.15, 0.2) is 0 Å². The van der Waals surface area contributed by atoms with Gasteiger partial charge in [0.25, 0.3) is 0 Å². The summed E-state index contributed by atoms with van der Waals surface area (Å²) in [4.78, 5) is 36.0. The zero-order chi connectivity index (χ0) is 22.0. The van der Waals surface area contributed by atoms with Crippen molar-refractivity contribution in [3.05, 3.63) is 54.2 Å². The van der Waals surface area contributed by atoms with E-state index >= 15 is 0 Å². The van der Waals surface area contributed by atoms with Crippen molar-refractivity contribution >= 4 is 28.8 Å². The van der Waals surface area contributed by atoms with E-state index in [-0.39, 0.29) is 6.54 Å². The molecule has 3 heterocycles. The Morgan fingerprint density at radius 2 is 1.87 bits per heavy atom. The molecule has 3 aromatic rings. The number of nitrogens with zero attached hydrogens (tertiary/aromatic N) is 5. The van der Waals surface area contributed by atoms with Gasteiger partial charge in [0, 0.05) is 55.7 Å². The minimum Gasteiger partial charge on any atom is -0.480 e. The average molecular weight is 427 g/mol. The maximum absolute atomic E-state index is 13.8. The Kier molecular flexibility index (Phi) is 5.81.